The number of carbonyl (C=O) groups is 3. The van der Waals surface area contributed by atoms with Gasteiger partial charge < -0.3 is 15.5 Å². The van der Waals surface area contributed by atoms with Crippen LogP contribution in [0.3, 0.4) is 0 Å². The first-order valence-electron chi connectivity index (χ1n) is 11.5. The molecule has 33 heavy (non-hydrogen) atoms. The molecule has 3 rings (SSSR count). The molecule has 7 heteroatoms. The summed E-state index contributed by atoms with van der Waals surface area (Å²) in [6, 6.07) is 12.5. The number of likely N-dealkylation sites (tertiary alicyclic amines) is 1. The second-order valence-electron chi connectivity index (χ2n) is 9.01. The van der Waals surface area contributed by atoms with Crippen molar-refractivity contribution in [3.8, 4) is 0 Å². The van der Waals surface area contributed by atoms with Crippen molar-refractivity contribution in [2.75, 3.05) is 19.6 Å². The summed E-state index contributed by atoms with van der Waals surface area (Å²) >= 11 is 0. The molecule has 0 unspecified atom stereocenters. The van der Waals surface area contributed by atoms with Crippen LogP contribution in [0.1, 0.15) is 53.0 Å². The maximum Gasteiger partial charge on any atom is 0.256 e. The second-order valence-corrected chi connectivity index (χ2v) is 9.01. The first-order chi connectivity index (χ1) is 15.8. The number of hydrogen-bond donors (Lipinski definition) is 2. The highest BCUT2D eigenvalue weighted by Gasteiger charge is 2.34. The Morgan fingerprint density at radius 1 is 1.00 bits per heavy atom. The van der Waals surface area contributed by atoms with E-state index in [0.717, 1.165) is 5.56 Å². The Morgan fingerprint density at radius 2 is 1.61 bits per heavy atom. The number of nitrogens with one attached hydrogen (secondary N) is 2. The summed E-state index contributed by atoms with van der Waals surface area (Å²) in [7, 11) is 0. The van der Waals surface area contributed by atoms with Crippen LogP contribution in [0.2, 0.25) is 0 Å². The lowest BCUT2D eigenvalue weighted by molar-refractivity contribution is -0.124. The van der Waals surface area contributed by atoms with Crippen LogP contribution in [0.15, 0.2) is 48.5 Å². The van der Waals surface area contributed by atoms with E-state index in [2.05, 4.69) is 10.6 Å². The molecule has 1 aliphatic heterocycles. The average molecular weight is 454 g/mol. The summed E-state index contributed by atoms with van der Waals surface area (Å²) in [4.78, 5) is 40.3. The highest BCUT2D eigenvalue weighted by Crippen LogP contribution is 2.24. The fourth-order valence-electron chi connectivity index (χ4n) is 4.10. The minimum Gasteiger partial charge on any atom is -0.354 e. The van der Waals surface area contributed by atoms with E-state index in [1.165, 1.54) is 12.1 Å². The minimum atomic E-state index is -0.707. The molecule has 0 spiro atoms. The molecule has 2 N–H and O–H groups in total. The Bertz CT molecular complexity index is 1000. The summed E-state index contributed by atoms with van der Waals surface area (Å²) < 4.78 is 14.0. The molecule has 0 saturated carbocycles. The first kappa shape index (κ1) is 24.4. The molecule has 0 aliphatic carbocycles. The van der Waals surface area contributed by atoms with Crippen LogP contribution >= 0.6 is 0 Å². The van der Waals surface area contributed by atoms with Crippen molar-refractivity contribution in [3.05, 3.63) is 71.0 Å². The van der Waals surface area contributed by atoms with Gasteiger partial charge in [0.05, 0.1) is 5.56 Å². The van der Waals surface area contributed by atoms with E-state index in [-0.39, 0.29) is 35.1 Å². The Hall–Kier alpha value is -3.22. The van der Waals surface area contributed by atoms with Gasteiger partial charge in [-0.2, -0.15) is 0 Å². The van der Waals surface area contributed by atoms with Crippen LogP contribution in [0.5, 0.6) is 0 Å². The van der Waals surface area contributed by atoms with Gasteiger partial charge >= 0.3 is 0 Å². The summed E-state index contributed by atoms with van der Waals surface area (Å²) in [6.45, 7) is 7.18. The van der Waals surface area contributed by atoms with Crippen molar-refractivity contribution >= 4 is 17.7 Å². The van der Waals surface area contributed by atoms with Crippen molar-refractivity contribution in [1.29, 1.82) is 0 Å². The molecule has 2 aromatic carbocycles. The number of rotatable bonds is 7. The predicted octanol–water partition coefficient (Wildman–Crippen LogP) is 3.56. The number of carbonyl (C=O) groups excluding carboxylic acids is 3. The van der Waals surface area contributed by atoms with Gasteiger partial charge in [-0.15, -0.1) is 0 Å². The van der Waals surface area contributed by atoms with Crippen LogP contribution in [0, 0.1) is 24.6 Å². The van der Waals surface area contributed by atoms with Crippen LogP contribution < -0.4 is 10.6 Å². The lowest BCUT2D eigenvalue weighted by atomic mass is 9.88. The zero-order valence-corrected chi connectivity index (χ0v) is 19.4. The normalized spacial score (nSPS) is 15.2. The topological polar surface area (TPSA) is 78.5 Å². The average Bonchev–Trinajstić information content (AvgIpc) is 2.81. The maximum atomic E-state index is 14.0. The van der Waals surface area contributed by atoms with E-state index in [1.54, 1.807) is 29.2 Å². The third-order valence-corrected chi connectivity index (χ3v) is 6.05. The zero-order chi connectivity index (χ0) is 24.0. The van der Waals surface area contributed by atoms with Crippen LogP contribution in [-0.4, -0.2) is 48.3 Å². The first-order valence-corrected chi connectivity index (χ1v) is 11.5. The molecule has 1 fully saturated rings. The Labute approximate surface area is 194 Å². The molecule has 176 valence electrons. The molecular weight excluding hydrogens is 421 g/mol. The van der Waals surface area contributed by atoms with Crippen molar-refractivity contribution in [3.63, 3.8) is 0 Å². The Balaban J connectivity index is 1.71. The summed E-state index contributed by atoms with van der Waals surface area (Å²) in [5.41, 5.74) is 1.42. The van der Waals surface area contributed by atoms with Crippen molar-refractivity contribution in [1.82, 2.24) is 15.5 Å². The van der Waals surface area contributed by atoms with Gasteiger partial charge in [-0.25, -0.2) is 4.39 Å². The van der Waals surface area contributed by atoms with Gasteiger partial charge in [0.25, 0.3) is 11.8 Å². The van der Waals surface area contributed by atoms with E-state index in [4.69, 9.17) is 0 Å². The lowest BCUT2D eigenvalue weighted by Gasteiger charge is -2.36. The van der Waals surface area contributed by atoms with Gasteiger partial charge in [0.2, 0.25) is 5.91 Å². The van der Waals surface area contributed by atoms with Gasteiger partial charge in [-0.05, 0) is 55.4 Å². The fraction of sp³-hybridized carbons (Fsp3) is 0.423. The molecule has 0 aromatic heterocycles. The highest BCUT2D eigenvalue weighted by atomic mass is 19.1. The van der Waals surface area contributed by atoms with Crippen molar-refractivity contribution in [2.24, 2.45) is 11.8 Å². The third kappa shape index (κ3) is 6.18. The van der Waals surface area contributed by atoms with E-state index in [0.29, 0.717) is 38.0 Å². The van der Waals surface area contributed by atoms with Crippen LogP contribution in [0.4, 0.5) is 4.39 Å². The van der Waals surface area contributed by atoms with Gasteiger partial charge in [0.15, 0.2) is 0 Å². The molecule has 0 bridgehead atoms. The number of amides is 3. The molecule has 3 amide bonds. The summed E-state index contributed by atoms with van der Waals surface area (Å²) in [5, 5.41) is 5.87. The molecule has 2 aromatic rings. The number of piperidine rings is 1. The van der Waals surface area contributed by atoms with E-state index in [1.807, 2.05) is 32.9 Å². The van der Waals surface area contributed by atoms with Crippen molar-refractivity contribution in [2.45, 2.75) is 39.7 Å². The van der Waals surface area contributed by atoms with Crippen LogP contribution in [-0.2, 0) is 4.79 Å². The predicted molar refractivity (Wildman–Crippen MR) is 125 cm³/mol. The van der Waals surface area contributed by atoms with Gasteiger partial charge in [-0.3, -0.25) is 14.4 Å². The third-order valence-electron chi connectivity index (χ3n) is 6.05. The van der Waals surface area contributed by atoms with E-state index in [9.17, 15) is 18.8 Å². The van der Waals surface area contributed by atoms with E-state index >= 15 is 0 Å². The molecular formula is C26H32FN3O3. The highest BCUT2D eigenvalue weighted by molar-refractivity contribution is 5.98. The maximum absolute atomic E-state index is 14.0. The van der Waals surface area contributed by atoms with Gasteiger partial charge in [0, 0.05) is 25.2 Å². The fourth-order valence-corrected chi connectivity index (χ4v) is 4.10. The molecule has 1 saturated heterocycles. The molecule has 1 heterocycles. The number of aryl methyl sites for hydroxylation is 1. The largest absolute Gasteiger partial charge is 0.354 e. The SMILES string of the molecule is Cc1ccccc1C(=O)N[C@@H](C(=O)NCC(C)C)C1CCN(C(=O)c2ccccc2F)CC1. The lowest BCUT2D eigenvalue weighted by Crippen LogP contribution is -2.54. The Morgan fingerprint density at radius 3 is 2.21 bits per heavy atom. The standard InChI is InChI=1S/C26H32FN3O3/c1-17(2)16-28-25(32)23(29-24(31)20-9-5-4-8-18(20)3)19-12-14-30(15-13-19)26(33)21-10-6-7-11-22(21)27/h4-11,17,19,23H,12-16H2,1-3H3,(H,28,32)(H,29,31)/t23-/m1/s1. The number of nitrogens with zero attached hydrogens (tertiary/aromatic N) is 1. The molecule has 1 aliphatic rings. The number of benzene rings is 2. The van der Waals surface area contributed by atoms with E-state index < -0.39 is 11.9 Å². The quantitative estimate of drug-likeness (QED) is 0.673. The zero-order valence-electron chi connectivity index (χ0n) is 19.4. The summed E-state index contributed by atoms with van der Waals surface area (Å²) in [6.07, 6.45) is 1.07. The number of halogens is 1. The molecule has 1 atom stereocenters. The summed E-state index contributed by atoms with van der Waals surface area (Å²) in [5.74, 6) is -1.25. The second kappa shape index (κ2) is 11.1. The molecule has 0 radical (unpaired) electrons. The monoisotopic (exact) mass is 453 g/mol. The minimum absolute atomic E-state index is 0.0510. The van der Waals surface area contributed by atoms with Gasteiger partial charge in [0.1, 0.15) is 11.9 Å². The van der Waals surface area contributed by atoms with Crippen molar-refractivity contribution < 1.29 is 18.8 Å². The Kier molecular flexibility index (Phi) is 8.20. The molecule has 6 nitrogen and oxygen atoms in total. The number of hydrogen-bond acceptors (Lipinski definition) is 3. The smallest absolute Gasteiger partial charge is 0.256 e. The van der Waals surface area contributed by atoms with Crippen LogP contribution in [0.25, 0.3) is 0 Å². The van der Waals surface area contributed by atoms with Gasteiger partial charge in [-0.1, -0.05) is 44.2 Å².